The highest BCUT2D eigenvalue weighted by molar-refractivity contribution is 6.32. The number of hydrogen-bond acceptors (Lipinski definition) is 3. The molecule has 2 N–H and O–H groups in total. The van der Waals surface area contributed by atoms with Crippen molar-refractivity contribution in [1.82, 2.24) is 10.6 Å². The molecule has 0 bridgehead atoms. The molecule has 140 valence electrons. The SMILES string of the molecule is CCOc1c(Cl)cc(CNC(=NC)NCCc2ccccc2)cc1OC. The molecule has 6 heteroatoms. The van der Waals surface area contributed by atoms with Crippen LogP contribution in [0.4, 0.5) is 0 Å². The number of methoxy groups -OCH3 is 1. The van der Waals surface area contributed by atoms with Gasteiger partial charge in [-0.05, 0) is 36.6 Å². The van der Waals surface area contributed by atoms with E-state index < -0.39 is 0 Å². The summed E-state index contributed by atoms with van der Waals surface area (Å²) in [5.41, 5.74) is 2.28. The Hall–Kier alpha value is -2.40. The molecule has 26 heavy (non-hydrogen) atoms. The minimum Gasteiger partial charge on any atom is -0.493 e. The maximum atomic E-state index is 6.31. The van der Waals surface area contributed by atoms with Crippen molar-refractivity contribution in [3.63, 3.8) is 0 Å². The van der Waals surface area contributed by atoms with Crippen LogP contribution in [-0.2, 0) is 13.0 Å². The highest BCUT2D eigenvalue weighted by atomic mass is 35.5. The van der Waals surface area contributed by atoms with Gasteiger partial charge in [0.05, 0.1) is 18.7 Å². The highest BCUT2D eigenvalue weighted by Gasteiger charge is 2.11. The lowest BCUT2D eigenvalue weighted by molar-refractivity contribution is 0.311. The minimum absolute atomic E-state index is 0.533. The third-order valence-corrected chi connectivity index (χ3v) is 4.09. The van der Waals surface area contributed by atoms with E-state index in [1.807, 2.05) is 37.3 Å². The predicted octanol–water partition coefficient (Wildman–Crippen LogP) is 3.66. The fraction of sp³-hybridized carbons (Fsp3) is 0.350. The summed E-state index contributed by atoms with van der Waals surface area (Å²) in [4.78, 5) is 4.25. The minimum atomic E-state index is 0.533. The number of nitrogens with one attached hydrogen (secondary N) is 2. The van der Waals surface area contributed by atoms with E-state index >= 15 is 0 Å². The van der Waals surface area contributed by atoms with E-state index in [4.69, 9.17) is 21.1 Å². The summed E-state index contributed by atoms with van der Waals surface area (Å²) in [6.07, 6.45) is 0.935. The van der Waals surface area contributed by atoms with E-state index in [1.165, 1.54) is 5.56 Å². The van der Waals surface area contributed by atoms with Crippen LogP contribution in [-0.4, -0.2) is 33.3 Å². The Morgan fingerprint density at radius 3 is 2.54 bits per heavy atom. The zero-order valence-corrected chi connectivity index (χ0v) is 16.3. The van der Waals surface area contributed by atoms with E-state index in [0.29, 0.717) is 29.7 Å². The molecule has 2 rings (SSSR count). The fourth-order valence-electron chi connectivity index (χ4n) is 2.54. The largest absolute Gasteiger partial charge is 0.493 e. The average Bonchev–Trinajstić information content (AvgIpc) is 2.67. The second-order valence-electron chi connectivity index (χ2n) is 5.63. The molecule has 0 amide bonds. The smallest absolute Gasteiger partial charge is 0.191 e. The van der Waals surface area contributed by atoms with E-state index in [-0.39, 0.29) is 0 Å². The van der Waals surface area contributed by atoms with Gasteiger partial charge in [0.2, 0.25) is 0 Å². The van der Waals surface area contributed by atoms with Crippen molar-refractivity contribution in [3.05, 3.63) is 58.6 Å². The molecular formula is C20H26ClN3O2. The summed E-state index contributed by atoms with van der Waals surface area (Å²) < 4.78 is 10.9. The lowest BCUT2D eigenvalue weighted by Crippen LogP contribution is -2.37. The van der Waals surface area contributed by atoms with Crippen LogP contribution in [0.15, 0.2) is 47.5 Å². The lowest BCUT2D eigenvalue weighted by Gasteiger charge is -2.15. The third kappa shape index (κ3) is 5.85. The van der Waals surface area contributed by atoms with E-state index in [1.54, 1.807) is 14.2 Å². The third-order valence-electron chi connectivity index (χ3n) is 3.81. The van der Waals surface area contributed by atoms with Crippen LogP contribution in [0, 0.1) is 0 Å². The second-order valence-corrected chi connectivity index (χ2v) is 6.04. The first-order chi connectivity index (χ1) is 12.7. The van der Waals surface area contributed by atoms with Crippen molar-refractivity contribution in [2.24, 2.45) is 4.99 Å². The number of hydrogen-bond donors (Lipinski definition) is 2. The van der Waals surface area contributed by atoms with Crippen LogP contribution in [0.3, 0.4) is 0 Å². The zero-order chi connectivity index (χ0) is 18.8. The van der Waals surface area contributed by atoms with Gasteiger partial charge in [-0.2, -0.15) is 0 Å². The first-order valence-corrected chi connectivity index (χ1v) is 9.03. The number of guanidine groups is 1. The molecule has 0 aliphatic rings. The van der Waals surface area contributed by atoms with Crippen molar-refractivity contribution in [1.29, 1.82) is 0 Å². The fourth-order valence-corrected chi connectivity index (χ4v) is 2.82. The Morgan fingerprint density at radius 1 is 1.12 bits per heavy atom. The number of nitrogens with zero attached hydrogens (tertiary/aromatic N) is 1. The van der Waals surface area contributed by atoms with Crippen molar-refractivity contribution in [3.8, 4) is 11.5 Å². The summed E-state index contributed by atoms with van der Waals surface area (Å²) in [5, 5.41) is 7.14. The molecule has 2 aromatic rings. The van der Waals surface area contributed by atoms with Gasteiger partial charge < -0.3 is 20.1 Å². The molecule has 0 atom stereocenters. The van der Waals surface area contributed by atoms with Gasteiger partial charge in [-0.25, -0.2) is 0 Å². The van der Waals surface area contributed by atoms with Gasteiger partial charge in [0.25, 0.3) is 0 Å². The molecule has 0 aliphatic carbocycles. The van der Waals surface area contributed by atoms with Gasteiger partial charge in [0.1, 0.15) is 0 Å². The first-order valence-electron chi connectivity index (χ1n) is 8.65. The zero-order valence-electron chi connectivity index (χ0n) is 15.5. The average molecular weight is 376 g/mol. The van der Waals surface area contributed by atoms with Gasteiger partial charge in [0.15, 0.2) is 17.5 Å². The number of ether oxygens (including phenoxy) is 2. The van der Waals surface area contributed by atoms with Crippen molar-refractivity contribution in [2.45, 2.75) is 19.9 Å². The molecule has 0 saturated carbocycles. The lowest BCUT2D eigenvalue weighted by atomic mass is 10.1. The highest BCUT2D eigenvalue weighted by Crippen LogP contribution is 2.36. The molecule has 0 fully saturated rings. The molecule has 5 nitrogen and oxygen atoms in total. The van der Waals surface area contributed by atoms with Gasteiger partial charge in [-0.1, -0.05) is 41.9 Å². The standard InChI is InChI=1S/C20H26ClN3O2/c1-4-26-19-17(21)12-16(13-18(19)25-3)14-24-20(22-2)23-11-10-15-8-6-5-7-9-15/h5-9,12-13H,4,10-11,14H2,1-3H3,(H2,22,23,24). The molecular weight excluding hydrogens is 350 g/mol. The maximum absolute atomic E-state index is 6.31. The predicted molar refractivity (Wildman–Crippen MR) is 108 cm³/mol. The van der Waals surface area contributed by atoms with Crippen LogP contribution in [0.2, 0.25) is 5.02 Å². The summed E-state index contributed by atoms with van der Waals surface area (Å²) in [7, 11) is 3.36. The van der Waals surface area contributed by atoms with Gasteiger partial charge in [0, 0.05) is 20.1 Å². The molecule has 0 unspecified atom stereocenters. The number of rotatable bonds is 8. The molecule has 0 saturated heterocycles. The van der Waals surface area contributed by atoms with Crippen molar-refractivity contribution >= 4 is 17.6 Å². The van der Waals surface area contributed by atoms with Crippen LogP contribution in [0.1, 0.15) is 18.1 Å². The van der Waals surface area contributed by atoms with E-state index in [0.717, 1.165) is 24.5 Å². The Balaban J connectivity index is 1.90. The Labute approximate surface area is 160 Å². The summed E-state index contributed by atoms with van der Waals surface area (Å²) in [6.45, 7) is 3.83. The van der Waals surface area contributed by atoms with Crippen LogP contribution in [0.5, 0.6) is 11.5 Å². The number of benzene rings is 2. The Morgan fingerprint density at radius 2 is 1.88 bits per heavy atom. The molecule has 0 radical (unpaired) electrons. The summed E-state index contributed by atoms with van der Waals surface area (Å²) >= 11 is 6.31. The first kappa shape index (κ1) is 19.9. The summed E-state index contributed by atoms with van der Waals surface area (Å²) in [5.74, 6) is 1.94. The normalized spacial score (nSPS) is 11.2. The van der Waals surface area contributed by atoms with E-state index in [2.05, 4.69) is 27.8 Å². The topological polar surface area (TPSA) is 54.9 Å². The van der Waals surface area contributed by atoms with Crippen molar-refractivity contribution < 1.29 is 9.47 Å². The van der Waals surface area contributed by atoms with E-state index in [9.17, 15) is 0 Å². The molecule has 0 spiro atoms. The molecule has 2 aromatic carbocycles. The quantitative estimate of drug-likeness (QED) is 0.546. The number of aliphatic imine (C=N–C) groups is 1. The van der Waals surface area contributed by atoms with Gasteiger partial charge in [-0.15, -0.1) is 0 Å². The molecule has 0 heterocycles. The molecule has 0 aromatic heterocycles. The van der Waals surface area contributed by atoms with Crippen molar-refractivity contribution in [2.75, 3.05) is 27.3 Å². The number of halogens is 1. The van der Waals surface area contributed by atoms with Crippen LogP contribution >= 0.6 is 11.6 Å². The Kier molecular flexibility index (Phi) is 8.09. The van der Waals surface area contributed by atoms with Crippen LogP contribution < -0.4 is 20.1 Å². The van der Waals surface area contributed by atoms with Gasteiger partial charge >= 0.3 is 0 Å². The monoisotopic (exact) mass is 375 g/mol. The Bertz CT molecular complexity index is 720. The second kappa shape index (κ2) is 10.6. The van der Waals surface area contributed by atoms with Crippen LogP contribution in [0.25, 0.3) is 0 Å². The maximum Gasteiger partial charge on any atom is 0.191 e. The molecule has 0 aliphatic heterocycles. The summed E-state index contributed by atoms with van der Waals surface area (Å²) in [6, 6.07) is 14.1. The van der Waals surface area contributed by atoms with Gasteiger partial charge in [-0.3, -0.25) is 4.99 Å².